The number of methoxy groups -OCH3 is 2. The Labute approximate surface area is 338 Å². The Morgan fingerprint density at radius 1 is 1.02 bits per heavy atom. The van der Waals surface area contributed by atoms with Gasteiger partial charge in [0.15, 0.2) is 0 Å². The molecule has 308 valence electrons. The van der Waals surface area contributed by atoms with Crippen LogP contribution in [0.5, 0.6) is 5.75 Å². The molecule has 0 unspecified atom stereocenters. The Hall–Kier alpha value is -2.45. The smallest absolute Gasteiger partial charge is 0.264 e. The summed E-state index contributed by atoms with van der Waals surface area (Å²) in [5, 5.41) is -0.0359. The number of anilines is 1. The van der Waals surface area contributed by atoms with Gasteiger partial charge in [0.05, 0.1) is 36.4 Å². The second-order valence-electron chi connectivity index (χ2n) is 17.7. The largest absolute Gasteiger partial charge is 0.490 e. The molecule has 13 heteroatoms. The van der Waals surface area contributed by atoms with E-state index in [9.17, 15) is 13.2 Å². The van der Waals surface area contributed by atoms with Crippen molar-refractivity contribution in [2.24, 2.45) is 17.8 Å². The van der Waals surface area contributed by atoms with Crippen LogP contribution in [0.15, 0.2) is 36.4 Å². The number of hydrogen-bond acceptors (Lipinski definition) is 10. The van der Waals surface area contributed by atoms with E-state index in [1.807, 2.05) is 32.2 Å². The van der Waals surface area contributed by atoms with Crippen LogP contribution in [0.1, 0.15) is 79.8 Å². The molecule has 1 amide bonds. The number of ether oxygens (including phenoxy) is 4. The van der Waals surface area contributed by atoms with Crippen molar-refractivity contribution < 1.29 is 32.2 Å². The van der Waals surface area contributed by atoms with E-state index >= 15 is 0 Å². The number of amides is 1. The number of fused-ring (bicyclic) bond motifs is 5. The Kier molecular flexibility index (Phi) is 12.0. The van der Waals surface area contributed by atoms with Gasteiger partial charge in [-0.2, -0.15) is 0 Å². The van der Waals surface area contributed by atoms with E-state index in [-0.39, 0.29) is 17.9 Å². The summed E-state index contributed by atoms with van der Waals surface area (Å²) in [6.07, 6.45) is 7.83. The zero-order valence-electron chi connectivity index (χ0n) is 33.5. The van der Waals surface area contributed by atoms with E-state index in [4.69, 9.17) is 30.5 Å². The summed E-state index contributed by atoms with van der Waals surface area (Å²) in [5.74, 6) is 0.587. The minimum absolute atomic E-state index is 0.196. The van der Waals surface area contributed by atoms with Crippen LogP contribution in [0.3, 0.4) is 0 Å². The van der Waals surface area contributed by atoms with Gasteiger partial charge in [-0.3, -0.25) is 14.6 Å². The van der Waals surface area contributed by atoms with Gasteiger partial charge in [0.1, 0.15) is 5.75 Å². The molecule has 2 bridgehead atoms. The first kappa shape index (κ1) is 40.3. The van der Waals surface area contributed by atoms with Crippen molar-refractivity contribution in [3.8, 4) is 5.75 Å². The molecule has 2 aromatic carbocycles. The summed E-state index contributed by atoms with van der Waals surface area (Å²) in [6.45, 7) is 10.7. The van der Waals surface area contributed by atoms with Gasteiger partial charge in [-0.05, 0) is 111 Å². The van der Waals surface area contributed by atoms with Crippen LogP contribution in [0.2, 0.25) is 5.02 Å². The van der Waals surface area contributed by atoms with Gasteiger partial charge < -0.3 is 23.8 Å². The number of carbonyl (C=O) groups excluding carboxylic acids is 1. The number of hydrogen-bond donors (Lipinski definition) is 1. The number of halogens is 1. The molecule has 3 fully saturated rings. The van der Waals surface area contributed by atoms with Crippen LogP contribution in [-0.2, 0) is 36.1 Å². The lowest BCUT2D eigenvalue weighted by atomic mass is 9.62. The highest BCUT2D eigenvalue weighted by atomic mass is 35.5. The van der Waals surface area contributed by atoms with Gasteiger partial charge in [0, 0.05) is 88.7 Å². The Morgan fingerprint density at radius 2 is 1.89 bits per heavy atom. The van der Waals surface area contributed by atoms with Crippen LogP contribution < -0.4 is 14.4 Å². The summed E-state index contributed by atoms with van der Waals surface area (Å²) in [4.78, 5) is 21.6. The first-order chi connectivity index (χ1) is 27.0. The quantitative estimate of drug-likeness (QED) is 0.401. The minimum Gasteiger partial charge on any atom is -0.490 e. The van der Waals surface area contributed by atoms with Crippen molar-refractivity contribution in [2.45, 2.75) is 87.0 Å². The molecule has 2 aromatic rings. The normalized spacial score (nSPS) is 33.9. The van der Waals surface area contributed by atoms with Crippen LogP contribution in [0.25, 0.3) is 0 Å². The predicted octanol–water partition coefficient (Wildman–Crippen LogP) is 5.53. The second-order valence-corrected chi connectivity index (χ2v) is 20.0. The van der Waals surface area contributed by atoms with Crippen LogP contribution in [-0.4, -0.2) is 127 Å². The average molecular weight is 814 g/mol. The van der Waals surface area contributed by atoms with E-state index in [1.54, 1.807) is 13.2 Å². The number of morpholine rings is 1. The Balaban J connectivity index is 1.18. The van der Waals surface area contributed by atoms with Gasteiger partial charge in [0.2, 0.25) is 10.0 Å². The fraction of sp³-hybridized carbons (Fsp3) is 0.698. The lowest BCUT2D eigenvalue weighted by molar-refractivity contribution is -0.140. The molecule has 4 heterocycles. The molecule has 8 rings (SSSR count). The van der Waals surface area contributed by atoms with E-state index in [0.717, 1.165) is 120 Å². The van der Waals surface area contributed by atoms with Gasteiger partial charge in [-0.25, -0.2) is 13.1 Å². The molecule has 4 aliphatic heterocycles. The fourth-order valence-electron chi connectivity index (χ4n) is 11.2. The number of rotatable bonds is 6. The van der Waals surface area contributed by atoms with E-state index in [0.29, 0.717) is 42.9 Å². The molecular formula is C43H61ClN4O7S. The molecule has 0 aromatic heterocycles. The third kappa shape index (κ3) is 7.97. The molecule has 2 saturated heterocycles. The first-order valence-corrected chi connectivity index (χ1v) is 22.9. The highest BCUT2D eigenvalue weighted by molar-refractivity contribution is 7.90. The molecule has 1 saturated carbocycles. The van der Waals surface area contributed by atoms with Crippen LogP contribution >= 0.6 is 11.6 Å². The third-order valence-electron chi connectivity index (χ3n) is 14.4. The zero-order valence-corrected chi connectivity index (χ0v) is 35.1. The highest BCUT2D eigenvalue weighted by Crippen LogP contribution is 2.50. The van der Waals surface area contributed by atoms with Crippen molar-refractivity contribution in [1.29, 1.82) is 0 Å². The van der Waals surface area contributed by atoms with E-state index < -0.39 is 26.8 Å². The van der Waals surface area contributed by atoms with Gasteiger partial charge in [-0.1, -0.05) is 31.0 Å². The van der Waals surface area contributed by atoms with Crippen molar-refractivity contribution in [2.75, 3.05) is 91.4 Å². The molecule has 11 nitrogen and oxygen atoms in total. The zero-order chi connectivity index (χ0) is 39.1. The summed E-state index contributed by atoms with van der Waals surface area (Å²) in [6, 6.07) is 12.1. The average Bonchev–Trinajstić information content (AvgIpc) is 3.32. The van der Waals surface area contributed by atoms with Crippen LogP contribution in [0, 0.1) is 17.8 Å². The third-order valence-corrected chi connectivity index (χ3v) is 16.6. The number of benzene rings is 2. The molecule has 1 N–H and O–H groups in total. The number of sulfonamides is 1. The SMILES string of the molecule is COCC[C@@H]1[C@@H](C)CCC[C@@](CN2CCN3CCOC[C@@H]3C2)(OC)[C@@H]2CC[C@H]2CN2C[C@@]3(CCCc4cc(Cl)ccc43)COc3ccc(cc32)C(=O)NS1(=O)=O. The van der Waals surface area contributed by atoms with Gasteiger partial charge in [0.25, 0.3) is 5.91 Å². The standard InChI is InChI=1S/C43H61ClN4O7S/c1-30-6-4-16-43(53-3,28-46-17-18-47-19-21-54-26-35(47)25-46)37-11-8-33(37)24-48-27-42(15-5-7-31-22-34(44)10-12-36(31)42)29-55-39-13-9-32(23-38(39)48)41(49)45-56(50,51)40(30)14-20-52-2/h9-10,12-13,22-23,30,33,35,37,40H,4-8,11,14-21,24-29H2,1-3H3,(H,45,49)/t30-,33-,35-,37+,40+,42-,43-/m0/s1. The van der Waals surface area contributed by atoms with Crippen LogP contribution in [0.4, 0.5) is 5.69 Å². The number of carbonyl (C=O) groups is 1. The minimum atomic E-state index is -4.04. The summed E-state index contributed by atoms with van der Waals surface area (Å²) < 4.78 is 55.6. The fourth-order valence-corrected chi connectivity index (χ4v) is 13.1. The first-order valence-electron chi connectivity index (χ1n) is 21.0. The highest BCUT2D eigenvalue weighted by Gasteiger charge is 2.51. The summed E-state index contributed by atoms with van der Waals surface area (Å²) in [5.41, 5.74) is 3.04. The second kappa shape index (κ2) is 16.7. The molecule has 7 atom stereocenters. The summed E-state index contributed by atoms with van der Waals surface area (Å²) in [7, 11) is -0.553. The van der Waals surface area contributed by atoms with Crippen molar-refractivity contribution in [1.82, 2.24) is 14.5 Å². The van der Waals surface area contributed by atoms with E-state index in [2.05, 4.69) is 31.6 Å². The van der Waals surface area contributed by atoms with Gasteiger partial charge in [-0.15, -0.1) is 0 Å². The topological polar surface area (TPSA) is 110 Å². The molecule has 1 spiro atoms. The molecule has 56 heavy (non-hydrogen) atoms. The van der Waals surface area contributed by atoms with E-state index in [1.165, 1.54) is 11.1 Å². The lowest BCUT2D eigenvalue weighted by Gasteiger charge is -2.54. The monoisotopic (exact) mass is 812 g/mol. The maximum atomic E-state index is 14.1. The van der Waals surface area contributed by atoms with Crippen molar-refractivity contribution >= 4 is 33.2 Å². The maximum absolute atomic E-state index is 14.1. The number of aryl methyl sites for hydroxylation is 1. The number of nitrogens with one attached hydrogen (secondary N) is 1. The molecule has 0 radical (unpaired) electrons. The summed E-state index contributed by atoms with van der Waals surface area (Å²) >= 11 is 6.53. The predicted molar refractivity (Wildman–Crippen MR) is 218 cm³/mol. The van der Waals surface area contributed by atoms with Gasteiger partial charge >= 0.3 is 0 Å². The lowest BCUT2D eigenvalue weighted by Crippen LogP contribution is -2.63. The van der Waals surface area contributed by atoms with Crippen molar-refractivity contribution in [3.05, 3.63) is 58.1 Å². The molecule has 6 aliphatic rings. The Bertz CT molecular complexity index is 1850. The van der Waals surface area contributed by atoms with Crippen molar-refractivity contribution in [3.63, 3.8) is 0 Å². The molecule has 2 aliphatic carbocycles. The number of nitrogens with zero attached hydrogens (tertiary/aromatic N) is 3. The maximum Gasteiger partial charge on any atom is 0.264 e. The Morgan fingerprint density at radius 3 is 2.70 bits per heavy atom. The molecular weight excluding hydrogens is 752 g/mol. The number of piperazine rings is 1.